The number of carbonyl (C=O) groups is 7. The molecule has 0 aromatic carbocycles. The molecule has 0 saturated carbocycles. The molecule has 0 aliphatic carbocycles. The number of carboxylic acids is 3. The van der Waals surface area contributed by atoms with Gasteiger partial charge in [0.2, 0.25) is 11.8 Å². The van der Waals surface area contributed by atoms with Crippen LogP contribution < -0.4 is 10.6 Å². The normalized spacial score (nSPS) is 12.7. The average Bonchev–Trinajstić information content (AvgIpc) is 3.10. The van der Waals surface area contributed by atoms with Gasteiger partial charge in [0.15, 0.2) is 0 Å². The maximum Gasteiger partial charge on any atom is 0.326 e. The van der Waals surface area contributed by atoms with Gasteiger partial charge in [0.05, 0.1) is 18.9 Å². The average molecular weight is 741 g/mol. The monoisotopic (exact) mass is 740 g/mol. The van der Waals surface area contributed by atoms with Crippen molar-refractivity contribution in [1.82, 2.24) is 10.6 Å². The Morgan fingerprint density at radius 3 is 1.52 bits per heavy atom. The highest BCUT2D eigenvalue weighted by Gasteiger charge is 2.25. The minimum absolute atomic E-state index is 0.0346. The van der Waals surface area contributed by atoms with Gasteiger partial charge in [-0.05, 0) is 44.9 Å². The summed E-state index contributed by atoms with van der Waals surface area (Å²) in [5, 5.41) is 33.0. The lowest BCUT2D eigenvalue weighted by atomic mass is 9.94. The molecule has 0 aromatic heterocycles. The number of carboxylic acid groups (broad SMARTS) is 3. The van der Waals surface area contributed by atoms with Crippen molar-refractivity contribution < 1.29 is 53.6 Å². The fraction of sp³-hybridized carbons (Fsp3) is 0.821. The fourth-order valence-electron chi connectivity index (χ4n) is 6.17. The molecular formula is C39H68N2O11. The fourth-order valence-corrected chi connectivity index (χ4v) is 6.17. The number of hydrogen-bond donors (Lipinski definition) is 5. The van der Waals surface area contributed by atoms with Crippen LogP contribution in [0.4, 0.5) is 0 Å². The van der Waals surface area contributed by atoms with E-state index in [1.165, 1.54) is 52.1 Å². The number of ether oxygens (including phenoxy) is 1. The van der Waals surface area contributed by atoms with E-state index in [0.29, 0.717) is 32.2 Å². The molecule has 0 heterocycles. The minimum atomic E-state index is -1.25. The Morgan fingerprint density at radius 1 is 0.538 bits per heavy atom. The number of hydrogen-bond acceptors (Lipinski definition) is 8. The van der Waals surface area contributed by atoms with Crippen molar-refractivity contribution in [2.24, 2.45) is 11.8 Å². The van der Waals surface area contributed by atoms with Gasteiger partial charge in [-0.25, -0.2) is 4.79 Å². The number of unbranched alkanes of at least 4 members (excludes halogenated alkanes) is 15. The number of carbonyl (C=O) groups excluding carboxylic acids is 4. The first kappa shape index (κ1) is 48.5. The first-order chi connectivity index (χ1) is 24.9. The zero-order chi connectivity index (χ0) is 39.0. The number of rotatable bonds is 36. The van der Waals surface area contributed by atoms with E-state index in [1.807, 2.05) is 6.92 Å². The first-order valence-corrected chi connectivity index (χ1v) is 19.7. The number of methoxy groups -OCH3 is 1. The summed E-state index contributed by atoms with van der Waals surface area (Å²) in [4.78, 5) is 82.7. The molecule has 52 heavy (non-hydrogen) atoms. The van der Waals surface area contributed by atoms with Crippen LogP contribution in [0.2, 0.25) is 0 Å². The molecule has 13 heteroatoms. The summed E-state index contributed by atoms with van der Waals surface area (Å²) in [7, 11) is 1.35. The minimum Gasteiger partial charge on any atom is -0.481 e. The van der Waals surface area contributed by atoms with Crippen molar-refractivity contribution in [3.05, 3.63) is 0 Å². The van der Waals surface area contributed by atoms with E-state index in [9.17, 15) is 43.8 Å². The van der Waals surface area contributed by atoms with Crippen LogP contribution in [-0.4, -0.2) is 76.5 Å². The van der Waals surface area contributed by atoms with E-state index in [2.05, 4.69) is 10.6 Å². The largest absolute Gasteiger partial charge is 0.481 e. The first-order valence-electron chi connectivity index (χ1n) is 19.7. The van der Waals surface area contributed by atoms with Crippen LogP contribution in [0.15, 0.2) is 0 Å². The van der Waals surface area contributed by atoms with Crippen molar-refractivity contribution in [1.29, 1.82) is 0 Å². The molecule has 3 atom stereocenters. The predicted molar refractivity (Wildman–Crippen MR) is 198 cm³/mol. The predicted octanol–water partition coefficient (Wildman–Crippen LogP) is 6.98. The lowest BCUT2D eigenvalue weighted by Crippen LogP contribution is -2.41. The zero-order valence-corrected chi connectivity index (χ0v) is 31.9. The summed E-state index contributed by atoms with van der Waals surface area (Å²) < 4.78 is 4.77. The quantitative estimate of drug-likeness (QED) is 0.0326. The smallest absolute Gasteiger partial charge is 0.326 e. The molecule has 0 saturated heterocycles. The topological polar surface area (TPSA) is 213 Å². The van der Waals surface area contributed by atoms with Gasteiger partial charge >= 0.3 is 23.9 Å². The summed E-state index contributed by atoms with van der Waals surface area (Å²) >= 11 is 0. The van der Waals surface area contributed by atoms with Gasteiger partial charge in [-0.2, -0.15) is 0 Å². The number of amides is 2. The van der Waals surface area contributed by atoms with Gasteiger partial charge in [0.1, 0.15) is 11.8 Å². The van der Waals surface area contributed by atoms with E-state index in [-0.39, 0.29) is 68.6 Å². The zero-order valence-electron chi connectivity index (χ0n) is 31.9. The Kier molecular flexibility index (Phi) is 30.0. The van der Waals surface area contributed by atoms with E-state index in [1.54, 1.807) is 0 Å². The highest BCUT2D eigenvalue weighted by atomic mass is 16.5. The second kappa shape index (κ2) is 32.2. The van der Waals surface area contributed by atoms with Crippen LogP contribution in [0.25, 0.3) is 0 Å². The number of ketones is 1. The van der Waals surface area contributed by atoms with Gasteiger partial charge in [0, 0.05) is 38.6 Å². The summed E-state index contributed by atoms with van der Waals surface area (Å²) in [6.07, 6.45) is 18.6. The molecule has 0 aromatic rings. The SMILES string of the molecule is CC[C@@H](CCCCNC(=O)CC[C@H](CC(=O)CC[C@H](NC(=O)CCCCCCCCCCCCCCCCCC(=O)O)C(=O)O)C(=O)O)C(=O)OC. The van der Waals surface area contributed by atoms with Gasteiger partial charge < -0.3 is 30.7 Å². The van der Waals surface area contributed by atoms with Crippen molar-refractivity contribution >= 4 is 41.5 Å². The summed E-state index contributed by atoms with van der Waals surface area (Å²) in [6, 6.07) is -1.24. The molecule has 5 N–H and O–H groups in total. The van der Waals surface area contributed by atoms with Crippen molar-refractivity contribution in [3.63, 3.8) is 0 Å². The molecule has 13 nitrogen and oxygen atoms in total. The molecule has 0 rings (SSSR count). The van der Waals surface area contributed by atoms with Gasteiger partial charge in [-0.1, -0.05) is 96.8 Å². The highest BCUT2D eigenvalue weighted by molar-refractivity contribution is 5.86. The maximum absolute atomic E-state index is 12.5. The van der Waals surface area contributed by atoms with Crippen LogP contribution in [0, 0.1) is 11.8 Å². The Labute approximate surface area is 310 Å². The molecular weight excluding hydrogens is 672 g/mol. The lowest BCUT2D eigenvalue weighted by Gasteiger charge is -2.15. The van der Waals surface area contributed by atoms with Gasteiger partial charge in [-0.15, -0.1) is 0 Å². The summed E-state index contributed by atoms with van der Waals surface area (Å²) in [5.74, 6) is -5.83. The Hall–Kier alpha value is -3.51. The van der Waals surface area contributed by atoms with Crippen molar-refractivity contribution in [2.75, 3.05) is 13.7 Å². The van der Waals surface area contributed by atoms with Crippen LogP contribution in [0.1, 0.15) is 174 Å². The second-order valence-corrected chi connectivity index (χ2v) is 14.0. The molecule has 0 fully saturated rings. The highest BCUT2D eigenvalue weighted by Crippen LogP contribution is 2.17. The van der Waals surface area contributed by atoms with Gasteiger partial charge in [-0.3, -0.25) is 28.8 Å². The molecule has 300 valence electrons. The molecule has 0 bridgehead atoms. The molecule has 0 aliphatic rings. The third kappa shape index (κ3) is 28.1. The Balaban J connectivity index is 4.09. The van der Waals surface area contributed by atoms with Crippen LogP contribution >= 0.6 is 0 Å². The molecule has 0 radical (unpaired) electrons. The summed E-state index contributed by atoms with van der Waals surface area (Å²) in [6.45, 7) is 2.30. The number of Topliss-reactive ketones (excluding diaryl/α,β-unsaturated/α-hetero) is 1. The molecule has 0 unspecified atom stereocenters. The maximum atomic E-state index is 12.5. The van der Waals surface area contributed by atoms with Crippen LogP contribution in [0.3, 0.4) is 0 Å². The van der Waals surface area contributed by atoms with E-state index >= 15 is 0 Å². The van der Waals surface area contributed by atoms with Gasteiger partial charge in [0.25, 0.3) is 0 Å². The number of aliphatic carboxylic acids is 3. The number of nitrogens with one attached hydrogen (secondary N) is 2. The Bertz CT molecular complexity index is 1050. The number of esters is 1. The van der Waals surface area contributed by atoms with E-state index in [4.69, 9.17) is 9.84 Å². The van der Waals surface area contributed by atoms with E-state index < -0.39 is 35.7 Å². The van der Waals surface area contributed by atoms with Crippen molar-refractivity contribution in [2.45, 2.75) is 180 Å². The van der Waals surface area contributed by atoms with Crippen molar-refractivity contribution in [3.8, 4) is 0 Å². The third-order valence-electron chi connectivity index (χ3n) is 9.51. The third-order valence-corrected chi connectivity index (χ3v) is 9.51. The second-order valence-electron chi connectivity index (χ2n) is 14.0. The molecule has 2 amide bonds. The molecule has 0 aliphatic heterocycles. The lowest BCUT2D eigenvalue weighted by molar-refractivity contribution is -0.146. The van der Waals surface area contributed by atoms with Crippen LogP contribution in [0.5, 0.6) is 0 Å². The van der Waals surface area contributed by atoms with E-state index in [0.717, 1.165) is 51.4 Å². The standard InChI is InChI=1S/C39H68N2O11/c1-3-30(39(51)52-2)21-19-20-28-40-34(43)27-24-31(37(47)48)29-32(42)25-26-33(38(49)50)41-35(44)22-17-15-13-11-9-7-5-4-6-8-10-12-14-16-18-23-36(45)46/h30-31,33H,3-29H2,1-2H3,(H,40,43)(H,41,44)(H,45,46)(H,47,48)(H,49,50)/t30-,31+,33-/m0/s1. The summed E-state index contributed by atoms with van der Waals surface area (Å²) in [5.41, 5.74) is 0. The molecule has 0 spiro atoms. The Morgan fingerprint density at radius 2 is 1.06 bits per heavy atom. The van der Waals surface area contributed by atoms with Crippen LogP contribution in [-0.2, 0) is 38.3 Å².